The molecule has 1 spiro atoms. The fourth-order valence-corrected chi connectivity index (χ4v) is 6.41. The Morgan fingerprint density at radius 2 is 1.68 bits per heavy atom. The second kappa shape index (κ2) is 8.23. The van der Waals surface area contributed by atoms with Crippen LogP contribution in [-0.4, -0.2) is 23.1 Å². The molecule has 0 bridgehead atoms. The van der Waals surface area contributed by atoms with Gasteiger partial charge in [0.15, 0.2) is 17.3 Å². The largest absolute Gasteiger partial charge is 0.454 e. The molecule has 0 radical (unpaired) electrons. The lowest BCUT2D eigenvalue weighted by atomic mass is 9.73. The van der Waals surface area contributed by atoms with Crippen LogP contribution in [0.4, 0.5) is 0 Å². The molecule has 1 aliphatic carbocycles. The third-order valence-corrected chi connectivity index (χ3v) is 8.34. The van der Waals surface area contributed by atoms with Crippen LogP contribution in [0.15, 0.2) is 66.7 Å². The minimum Gasteiger partial charge on any atom is -0.454 e. The summed E-state index contributed by atoms with van der Waals surface area (Å²) in [5.74, 6) is 0.982. The topological polar surface area (TPSA) is 66.8 Å². The molecule has 186 valence electrons. The molecule has 3 aliphatic rings. The van der Waals surface area contributed by atoms with Crippen LogP contribution in [0.2, 0.25) is 0 Å². The summed E-state index contributed by atoms with van der Waals surface area (Å²) in [6.45, 7) is 2.93. The number of hydrogen-bond acceptors (Lipinski definition) is 5. The third kappa shape index (κ3) is 3.39. The van der Waals surface area contributed by atoms with Crippen molar-refractivity contribution in [2.75, 3.05) is 6.79 Å². The van der Waals surface area contributed by atoms with Crippen molar-refractivity contribution in [3.8, 4) is 11.5 Å². The van der Waals surface area contributed by atoms with Gasteiger partial charge in [0.05, 0.1) is 5.56 Å². The quantitative estimate of drug-likeness (QED) is 0.251. The maximum absolute atomic E-state index is 14.0. The Morgan fingerprint density at radius 3 is 2.46 bits per heavy atom. The normalized spacial score (nSPS) is 21.9. The number of aromatic nitrogens is 1. The number of carbonyl (C=O) groups excluding carboxylic acids is 2. The lowest BCUT2D eigenvalue weighted by molar-refractivity contribution is -0.0338. The van der Waals surface area contributed by atoms with Gasteiger partial charge in [0.1, 0.15) is 5.60 Å². The van der Waals surface area contributed by atoms with Gasteiger partial charge in [-0.2, -0.15) is 0 Å². The third-order valence-electron chi connectivity index (χ3n) is 8.34. The summed E-state index contributed by atoms with van der Waals surface area (Å²) in [7, 11) is 0. The smallest absolute Gasteiger partial charge is 0.339 e. The zero-order chi connectivity index (χ0) is 25.1. The van der Waals surface area contributed by atoms with E-state index in [1.807, 2.05) is 36.4 Å². The Labute approximate surface area is 214 Å². The molecule has 0 saturated heterocycles. The van der Waals surface area contributed by atoms with Crippen molar-refractivity contribution >= 4 is 22.7 Å². The highest BCUT2D eigenvalue weighted by Crippen LogP contribution is 2.51. The Morgan fingerprint density at radius 1 is 0.973 bits per heavy atom. The number of para-hydroxylation sites is 1. The van der Waals surface area contributed by atoms with Crippen LogP contribution in [0.25, 0.3) is 10.9 Å². The minimum absolute atomic E-state index is 0.114. The monoisotopic (exact) mass is 493 g/mol. The molecule has 2 aliphatic heterocycles. The van der Waals surface area contributed by atoms with Gasteiger partial charge >= 0.3 is 5.97 Å². The van der Waals surface area contributed by atoms with E-state index in [0.29, 0.717) is 42.7 Å². The highest BCUT2D eigenvalue weighted by molar-refractivity contribution is 6.10. The minimum atomic E-state index is -0.694. The number of benzene rings is 3. The second-order valence-corrected chi connectivity index (χ2v) is 10.3. The van der Waals surface area contributed by atoms with Gasteiger partial charge in [-0.15, -0.1) is 0 Å². The fourth-order valence-electron chi connectivity index (χ4n) is 6.41. The van der Waals surface area contributed by atoms with E-state index in [-0.39, 0.29) is 24.5 Å². The fraction of sp³-hybridized carbons (Fsp3) is 0.290. The van der Waals surface area contributed by atoms with Crippen molar-refractivity contribution in [3.63, 3.8) is 0 Å². The van der Waals surface area contributed by atoms with Gasteiger partial charge in [0.2, 0.25) is 6.79 Å². The van der Waals surface area contributed by atoms with Crippen molar-refractivity contribution in [1.82, 2.24) is 4.57 Å². The van der Waals surface area contributed by atoms with Crippen molar-refractivity contribution in [1.29, 1.82) is 0 Å². The Hall–Kier alpha value is -4.06. The van der Waals surface area contributed by atoms with Crippen LogP contribution in [0, 0.1) is 12.8 Å². The van der Waals surface area contributed by atoms with Crippen molar-refractivity contribution in [3.05, 3.63) is 94.7 Å². The van der Waals surface area contributed by atoms with E-state index < -0.39 is 5.60 Å². The number of ether oxygens (including phenoxy) is 3. The van der Waals surface area contributed by atoms with E-state index in [1.165, 1.54) is 5.56 Å². The van der Waals surface area contributed by atoms with Crippen LogP contribution < -0.4 is 9.47 Å². The zero-order valence-electron chi connectivity index (χ0n) is 20.7. The number of carbonyl (C=O) groups is 2. The number of esters is 1. The Balaban J connectivity index is 1.18. The summed E-state index contributed by atoms with van der Waals surface area (Å²) in [4.78, 5) is 26.7. The molecular formula is C31H27NO5. The molecule has 37 heavy (non-hydrogen) atoms. The first kappa shape index (κ1) is 22.2. The van der Waals surface area contributed by atoms with E-state index in [9.17, 15) is 9.59 Å². The molecule has 4 aromatic rings. The maximum Gasteiger partial charge on any atom is 0.339 e. The summed E-state index contributed by atoms with van der Waals surface area (Å²) in [5.41, 5.74) is 4.82. The zero-order valence-corrected chi connectivity index (χ0v) is 20.7. The Bertz CT molecular complexity index is 1560. The Kier molecular flexibility index (Phi) is 4.93. The van der Waals surface area contributed by atoms with E-state index in [1.54, 1.807) is 6.07 Å². The van der Waals surface area contributed by atoms with Crippen LogP contribution >= 0.6 is 0 Å². The molecule has 1 fully saturated rings. The average molecular weight is 494 g/mol. The number of rotatable bonds is 4. The number of ketones is 1. The van der Waals surface area contributed by atoms with E-state index in [4.69, 9.17) is 14.2 Å². The van der Waals surface area contributed by atoms with Gasteiger partial charge in [-0.1, -0.05) is 48.5 Å². The van der Waals surface area contributed by atoms with E-state index >= 15 is 0 Å². The molecule has 0 amide bonds. The first-order valence-electron chi connectivity index (χ1n) is 12.9. The molecule has 3 heterocycles. The lowest BCUT2D eigenvalue weighted by Gasteiger charge is -2.36. The van der Waals surface area contributed by atoms with Crippen molar-refractivity contribution in [2.24, 2.45) is 5.92 Å². The molecule has 7 rings (SSSR count). The second-order valence-electron chi connectivity index (χ2n) is 10.3. The molecule has 6 heteroatoms. The van der Waals surface area contributed by atoms with Crippen LogP contribution in [-0.2, 0) is 16.9 Å². The molecule has 0 N–H and O–H groups in total. The average Bonchev–Trinajstić information content (AvgIpc) is 3.57. The SMILES string of the molecule is Cc1c(C(=O)C2CCC3(CC2)OC(=O)c2cc4c(cc23)OCO4)c2ccccc2n1Cc1ccccc1. The van der Waals surface area contributed by atoms with Gasteiger partial charge in [-0.3, -0.25) is 4.79 Å². The van der Waals surface area contributed by atoms with Crippen molar-refractivity contribution in [2.45, 2.75) is 44.8 Å². The summed E-state index contributed by atoms with van der Waals surface area (Å²) in [6, 6.07) is 22.1. The highest BCUT2D eigenvalue weighted by Gasteiger charge is 2.49. The van der Waals surface area contributed by atoms with E-state index in [0.717, 1.165) is 34.3 Å². The van der Waals surface area contributed by atoms with Gasteiger partial charge in [0, 0.05) is 40.2 Å². The van der Waals surface area contributed by atoms with Crippen molar-refractivity contribution < 1.29 is 23.8 Å². The number of fused-ring (bicyclic) bond motifs is 4. The number of hydrogen-bond donors (Lipinski definition) is 0. The van der Waals surface area contributed by atoms with Crippen LogP contribution in [0.3, 0.4) is 0 Å². The lowest BCUT2D eigenvalue weighted by Crippen LogP contribution is -2.34. The molecule has 0 unspecified atom stereocenters. The molecule has 3 aromatic carbocycles. The molecule has 6 nitrogen and oxygen atoms in total. The highest BCUT2D eigenvalue weighted by atomic mass is 16.7. The molecule has 0 atom stereocenters. The predicted octanol–water partition coefficient (Wildman–Crippen LogP) is 6.17. The number of nitrogens with zero attached hydrogens (tertiary/aromatic N) is 1. The maximum atomic E-state index is 14.0. The molecule has 1 saturated carbocycles. The van der Waals surface area contributed by atoms with Gasteiger partial charge in [-0.05, 0) is 56.4 Å². The summed E-state index contributed by atoms with van der Waals surface area (Å²) in [6.07, 6.45) is 2.56. The van der Waals surface area contributed by atoms with Crippen LogP contribution in [0.5, 0.6) is 11.5 Å². The summed E-state index contributed by atoms with van der Waals surface area (Å²) < 4.78 is 19.2. The van der Waals surface area contributed by atoms with Gasteiger partial charge in [0.25, 0.3) is 0 Å². The number of Topliss-reactive ketones (excluding diaryl/α,β-unsaturated/α-hetero) is 1. The van der Waals surface area contributed by atoms with E-state index in [2.05, 4.69) is 35.8 Å². The predicted molar refractivity (Wildman–Crippen MR) is 138 cm³/mol. The van der Waals surface area contributed by atoms with Gasteiger partial charge < -0.3 is 18.8 Å². The standard InChI is InChI=1S/C31H27NO5/c1-19-28(22-9-5-6-10-25(22)32(19)17-20-7-3-2-4-8-20)29(33)21-11-13-31(14-12-21)24-16-27-26(35-18-36-27)15-23(24)30(34)37-31/h2-10,15-16,21H,11-14,17-18H2,1H3. The molecular weight excluding hydrogens is 466 g/mol. The first-order valence-corrected chi connectivity index (χ1v) is 12.9. The van der Waals surface area contributed by atoms with Crippen LogP contribution in [0.1, 0.15) is 63.2 Å². The summed E-state index contributed by atoms with van der Waals surface area (Å²) in [5, 5.41) is 1.01. The molecule has 1 aromatic heterocycles. The van der Waals surface area contributed by atoms with Gasteiger partial charge in [-0.25, -0.2) is 4.79 Å². The first-order chi connectivity index (χ1) is 18.0. The summed E-state index contributed by atoms with van der Waals surface area (Å²) >= 11 is 0.